The molecule has 0 spiro atoms. The van der Waals surface area contributed by atoms with Gasteiger partial charge in [-0.15, -0.1) is 0 Å². The molecule has 2 aliphatic heterocycles. The fourth-order valence-electron chi connectivity index (χ4n) is 4.56. The number of rotatable bonds is 10. The van der Waals surface area contributed by atoms with Crippen molar-refractivity contribution in [2.24, 2.45) is 0 Å². The van der Waals surface area contributed by atoms with E-state index in [1.165, 1.54) is 18.4 Å². The summed E-state index contributed by atoms with van der Waals surface area (Å²) < 4.78 is 62.7. The molecule has 0 unspecified atom stereocenters. The second-order valence-electron chi connectivity index (χ2n) is 9.32. The van der Waals surface area contributed by atoms with Crippen molar-refractivity contribution < 1.29 is 36.6 Å². The number of ether oxygens (including phenoxy) is 3. The number of carbonyl (C=O) groups excluding carboxylic acids is 1. The zero-order valence-electron chi connectivity index (χ0n) is 21.2. The largest absolute Gasteiger partial charge is 0.454 e. The van der Waals surface area contributed by atoms with Crippen molar-refractivity contribution in [2.45, 2.75) is 25.8 Å². The van der Waals surface area contributed by atoms with Crippen LogP contribution >= 0.6 is 0 Å². The van der Waals surface area contributed by atoms with Gasteiger partial charge in [-0.2, -0.15) is 13.2 Å². The molecule has 2 aliphatic rings. The van der Waals surface area contributed by atoms with E-state index in [-0.39, 0.29) is 49.5 Å². The van der Waals surface area contributed by atoms with Crippen LogP contribution in [0.5, 0.6) is 11.5 Å². The van der Waals surface area contributed by atoms with E-state index >= 15 is 0 Å². The first-order valence-electron chi connectivity index (χ1n) is 12.6. The van der Waals surface area contributed by atoms with E-state index < -0.39 is 11.7 Å². The van der Waals surface area contributed by atoms with E-state index in [4.69, 9.17) is 18.6 Å². The molecule has 1 fully saturated rings. The number of halogens is 3. The third kappa shape index (κ3) is 7.08. The van der Waals surface area contributed by atoms with Gasteiger partial charge in [-0.25, -0.2) is 4.98 Å². The average molecular weight is 547 g/mol. The van der Waals surface area contributed by atoms with Crippen LogP contribution in [-0.2, 0) is 30.5 Å². The van der Waals surface area contributed by atoms with E-state index in [2.05, 4.69) is 15.2 Å². The van der Waals surface area contributed by atoms with Crippen LogP contribution in [0.3, 0.4) is 0 Å². The molecule has 12 heteroatoms. The zero-order valence-corrected chi connectivity index (χ0v) is 21.2. The highest BCUT2D eigenvalue weighted by Gasteiger charge is 2.33. The Morgan fingerprint density at radius 3 is 2.64 bits per heavy atom. The molecule has 208 valence electrons. The number of alkyl halides is 3. The topological polar surface area (TPSA) is 89.3 Å². The summed E-state index contributed by atoms with van der Waals surface area (Å²) in [7, 11) is 0. The Labute approximate surface area is 223 Å². The van der Waals surface area contributed by atoms with Crippen molar-refractivity contribution in [3.8, 4) is 11.5 Å². The van der Waals surface area contributed by atoms with E-state index in [0.717, 1.165) is 24.7 Å². The van der Waals surface area contributed by atoms with Gasteiger partial charge in [0, 0.05) is 39.3 Å². The first-order valence-corrected chi connectivity index (χ1v) is 12.6. The second kappa shape index (κ2) is 12.1. The fourth-order valence-corrected chi connectivity index (χ4v) is 4.56. The van der Waals surface area contributed by atoms with Gasteiger partial charge in [0.1, 0.15) is 6.26 Å². The van der Waals surface area contributed by atoms with Crippen LogP contribution in [0.15, 0.2) is 53.1 Å². The molecule has 3 heterocycles. The van der Waals surface area contributed by atoms with Gasteiger partial charge < -0.3 is 23.9 Å². The Morgan fingerprint density at radius 1 is 1.03 bits per heavy atom. The van der Waals surface area contributed by atoms with E-state index in [0.29, 0.717) is 37.8 Å². The molecule has 1 N–H and O–H groups in total. The number of aromatic nitrogens is 1. The number of nitrogens with zero attached hydrogens (tertiary/aromatic N) is 3. The molecule has 2 aromatic carbocycles. The Hall–Kier alpha value is -3.61. The summed E-state index contributed by atoms with van der Waals surface area (Å²) in [6.45, 7) is 4.61. The van der Waals surface area contributed by atoms with Crippen LogP contribution in [0.25, 0.3) is 0 Å². The Bertz CT molecular complexity index is 1280. The zero-order chi connectivity index (χ0) is 27.2. The highest BCUT2D eigenvalue weighted by atomic mass is 19.4. The molecule has 1 saturated heterocycles. The molecule has 1 amide bonds. The molecule has 0 bridgehead atoms. The SMILES string of the molecule is O=C(NCCN1CCOCC1)c1coc(CN(Cc2ccc3c(c2)OCO3)Cc2ccccc2C(F)(F)F)n1. The summed E-state index contributed by atoms with van der Waals surface area (Å²) in [4.78, 5) is 20.9. The maximum atomic E-state index is 13.7. The number of nitrogens with one attached hydrogen (secondary N) is 1. The quantitative estimate of drug-likeness (QED) is 0.412. The Balaban J connectivity index is 1.28. The van der Waals surface area contributed by atoms with Crippen LogP contribution in [0, 0.1) is 0 Å². The molecule has 0 saturated carbocycles. The minimum Gasteiger partial charge on any atom is -0.454 e. The minimum absolute atomic E-state index is 0.0203. The smallest absolute Gasteiger partial charge is 0.416 e. The van der Waals surface area contributed by atoms with Crippen LogP contribution in [0.2, 0.25) is 0 Å². The number of hydrogen-bond donors (Lipinski definition) is 1. The monoisotopic (exact) mass is 546 g/mol. The van der Waals surface area contributed by atoms with Gasteiger partial charge in [-0.3, -0.25) is 14.6 Å². The van der Waals surface area contributed by atoms with Gasteiger partial charge in [0.15, 0.2) is 17.2 Å². The fraction of sp³-hybridized carbons (Fsp3) is 0.407. The number of fused-ring (bicyclic) bond motifs is 1. The molecule has 5 rings (SSSR count). The molecule has 9 nitrogen and oxygen atoms in total. The molecule has 1 aromatic heterocycles. The molecule has 0 radical (unpaired) electrons. The van der Waals surface area contributed by atoms with E-state index in [1.54, 1.807) is 23.1 Å². The average Bonchev–Trinajstić information content (AvgIpc) is 3.58. The van der Waals surface area contributed by atoms with Gasteiger partial charge in [0.05, 0.1) is 25.3 Å². The summed E-state index contributed by atoms with van der Waals surface area (Å²) in [5.41, 5.74) is 0.355. The lowest BCUT2D eigenvalue weighted by molar-refractivity contribution is -0.138. The lowest BCUT2D eigenvalue weighted by Gasteiger charge is -2.26. The van der Waals surface area contributed by atoms with Crippen molar-refractivity contribution in [1.82, 2.24) is 20.1 Å². The number of carbonyl (C=O) groups is 1. The molecule has 3 aromatic rings. The highest BCUT2D eigenvalue weighted by molar-refractivity contribution is 5.91. The summed E-state index contributed by atoms with van der Waals surface area (Å²) in [6, 6.07) is 10.9. The third-order valence-corrected chi connectivity index (χ3v) is 6.52. The summed E-state index contributed by atoms with van der Waals surface area (Å²) >= 11 is 0. The summed E-state index contributed by atoms with van der Waals surface area (Å²) in [5, 5.41) is 2.83. The van der Waals surface area contributed by atoms with Crippen LogP contribution in [0.1, 0.15) is 33.1 Å². The van der Waals surface area contributed by atoms with E-state index in [9.17, 15) is 18.0 Å². The van der Waals surface area contributed by atoms with Crippen LogP contribution in [0.4, 0.5) is 13.2 Å². The third-order valence-electron chi connectivity index (χ3n) is 6.52. The number of amides is 1. The number of morpholine rings is 1. The molecular formula is C27H29F3N4O5. The first-order chi connectivity index (χ1) is 18.8. The highest BCUT2D eigenvalue weighted by Crippen LogP contribution is 2.34. The molecule has 0 aliphatic carbocycles. The Morgan fingerprint density at radius 2 is 1.82 bits per heavy atom. The number of hydrogen-bond acceptors (Lipinski definition) is 8. The standard InChI is InChI=1S/C27H29F3N4O5/c28-27(29,30)21-4-2-1-3-20(21)15-34(14-19-5-6-23-24(13-19)39-18-38-23)16-25-32-22(17-37-25)26(35)31-7-8-33-9-11-36-12-10-33/h1-6,13,17H,7-12,14-16,18H2,(H,31,35). The van der Waals surface area contributed by atoms with E-state index in [1.807, 2.05) is 6.07 Å². The van der Waals surface area contributed by atoms with Crippen molar-refractivity contribution >= 4 is 5.91 Å². The van der Waals surface area contributed by atoms with Gasteiger partial charge in [0.2, 0.25) is 12.7 Å². The summed E-state index contributed by atoms with van der Waals surface area (Å²) in [6.07, 6.45) is -3.22. The maximum Gasteiger partial charge on any atom is 0.416 e. The molecule has 0 atom stereocenters. The van der Waals surface area contributed by atoms with Gasteiger partial charge in [-0.1, -0.05) is 24.3 Å². The predicted octanol–water partition coefficient (Wildman–Crippen LogP) is 3.69. The molecular weight excluding hydrogens is 517 g/mol. The Kier molecular flexibility index (Phi) is 8.34. The van der Waals surface area contributed by atoms with Gasteiger partial charge in [0.25, 0.3) is 5.91 Å². The lowest BCUT2D eigenvalue weighted by Crippen LogP contribution is -2.41. The number of benzene rings is 2. The normalized spacial score (nSPS) is 15.6. The first kappa shape index (κ1) is 27.0. The van der Waals surface area contributed by atoms with Crippen molar-refractivity contribution in [3.05, 3.63) is 77.0 Å². The number of oxazole rings is 1. The van der Waals surface area contributed by atoms with Crippen LogP contribution in [-0.4, -0.2) is 66.9 Å². The van der Waals surface area contributed by atoms with Crippen molar-refractivity contribution in [3.63, 3.8) is 0 Å². The van der Waals surface area contributed by atoms with Gasteiger partial charge in [-0.05, 0) is 29.3 Å². The van der Waals surface area contributed by atoms with Crippen molar-refractivity contribution in [1.29, 1.82) is 0 Å². The maximum absolute atomic E-state index is 13.7. The minimum atomic E-state index is -4.49. The second-order valence-corrected chi connectivity index (χ2v) is 9.32. The lowest BCUT2D eigenvalue weighted by atomic mass is 10.1. The molecule has 39 heavy (non-hydrogen) atoms. The van der Waals surface area contributed by atoms with Crippen LogP contribution < -0.4 is 14.8 Å². The predicted molar refractivity (Wildman–Crippen MR) is 133 cm³/mol. The van der Waals surface area contributed by atoms with Crippen molar-refractivity contribution in [2.75, 3.05) is 46.2 Å². The summed E-state index contributed by atoms with van der Waals surface area (Å²) in [5.74, 6) is 1.04. The van der Waals surface area contributed by atoms with Gasteiger partial charge >= 0.3 is 6.18 Å².